The number of aryl methyl sites for hydroxylation is 2. The maximum Gasteiger partial charge on any atom is 0.323 e. The highest BCUT2D eigenvalue weighted by Crippen LogP contribution is 2.17. The SMILES string of the molecule is CCCn1nc(C)cc1NC(=O)N1CCCC(OCc2ccccn2)C1. The van der Waals surface area contributed by atoms with Gasteiger partial charge in [0, 0.05) is 31.9 Å². The van der Waals surface area contributed by atoms with Gasteiger partial charge in [0.15, 0.2) is 0 Å². The lowest BCUT2D eigenvalue weighted by molar-refractivity contribution is -0.000340. The molecule has 26 heavy (non-hydrogen) atoms. The third-order valence-corrected chi connectivity index (χ3v) is 4.43. The van der Waals surface area contributed by atoms with Crippen molar-refractivity contribution >= 4 is 11.8 Å². The van der Waals surface area contributed by atoms with Crippen LogP contribution in [-0.4, -0.2) is 44.9 Å². The molecule has 1 unspecified atom stereocenters. The molecule has 2 amide bonds. The normalized spacial score (nSPS) is 17.3. The number of ether oxygens (including phenoxy) is 1. The summed E-state index contributed by atoms with van der Waals surface area (Å²) in [6.07, 6.45) is 4.67. The van der Waals surface area contributed by atoms with E-state index >= 15 is 0 Å². The molecule has 1 aliphatic rings. The molecule has 140 valence electrons. The van der Waals surface area contributed by atoms with E-state index in [1.54, 1.807) is 6.20 Å². The highest BCUT2D eigenvalue weighted by atomic mass is 16.5. The number of piperidine rings is 1. The van der Waals surface area contributed by atoms with Crippen molar-refractivity contribution in [2.24, 2.45) is 0 Å². The van der Waals surface area contributed by atoms with Crippen LogP contribution >= 0.6 is 0 Å². The number of hydrogen-bond donors (Lipinski definition) is 1. The molecule has 7 heteroatoms. The number of amides is 2. The van der Waals surface area contributed by atoms with Gasteiger partial charge in [-0.15, -0.1) is 0 Å². The van der Waals surface area contributed by atoms with Gasteiger partial charge in [0.05, 0.1) is 24.1 Å². The zero-order valence-corrected chi connectivity index (χ0v) is 15.5. The Morgan fingerprint density at radius 1 is 1.42 bits per heavy atom. The number of nitrogens with one attached hydrogen (secondary N) is 1. The second-order valence-electron chi connectivity index (χ2n) is 6.67. The van der Waals surface area contributed by atoms with Crippen LogP contribution in [0.1, 0.15) is 37.6 Å². The average molecular weight is 357 g/mol. The molecule has 1 N–H and O–H groups in total. The van der Waals surface area contributed by atoms with Crippen molar-refractivity contribution in [3.05, 3.63) is 41.9 Å². The first kappa shape index (κ1) is 18.4. The minimum Gasteiger partial charge on any atom is -0.370 e. The number of pyridine rings is 1. The molecule has 3 heterocycles. The molecule has 0 radical (unpaired) electrons. The number of urea groups is 1. The van der Waals surface area contributed by atoms with Crippen LogP contribution in [0.3, 0.4) is 0 Å². The number of likely N-dealkylation sites (tertiary alicyclic amines) is 1. The van der Waals surface area contributed by atoms with Crippen LogP contribution < -0.4 is 5.32 Å². The molecule has 7 nitrogen and oxygen atoms in total. The van der Waals surface area contributed by atoms with Crippen LogP contribution in [0.25, 0.3) is 0 Å². The Kier molecular flexibility index (Phi) is 6.22. The van der Waals surface area contributed by atoms with Crippen molar-refractivity contribution in [1.29, 1.82) is 0 Å². The molecule has 1 aliphatic heterocycles. The van der Waals surface area contributed by atoms with Crippen molar-refractivity contribution < 1.29 is 9.53 Å². The molecular weight excluding hydrogens is 330 g/mol. The van der Waals surface area contributed by atoms with E-state index in [4.69, 9.17) is 4.74 Å². The molecule has 1 saturated heterocycles. The standard InChI is InChI=1S/C19H27N5O2/c1-3-10-24-18(12-15(2)22-24)21-19(25)23-11-6-8-17(13-23)26-14-16-7-4-5-9-20-16/h4-5,7,9,12,17H,3,6,8,10-11,13-14H2,1-2H3,(H,21,25). The Morgan fingerprint density at radius 2 is 2.31 bits per heavy atom. The third kappa shape index (κ3) is 4.82. The maximum absolute atomic E-state index is 12.7. The van der Waals surface area contributed by atoms with E-state index in [1.165, 1.54) is 0 Å². The minimum atomic E-state index is -0.0895. The topological polar surface area (TPSA) is 72.3 Å². The first-order valence-corrected chi connectivity index (χ1v) is 9.27. The van der Waals surface area contributed by atoms with Gasteiger partial charge in [-0.2, -0.15) is 5.10 Å². The van der Waals surface area contributed by atoms with Crippen LogP contribution in [0, 0.1) is 6.92 Å². The van der Waals surface area contributed by atoms with Crippen molar-refractivity contribution in [1.82, 2.24) is 19.7 Å². The first-order valence-electron chi connectivity index (χ1n) is 9.27. The summed E-state index contributed by atoms with van der Waals surface area (Å²) in [4.78, 5) is 18.8. The fraction of sp³-hybridized carbons (Fsp3) is 0.526. The lowest BCUT2D eigenvalue weighted by atomic mass is 10.1. The number of carbonyl (C=O) groups is 1. The van der Waals surface area contributed by atoms with Gasteiger partial charge in [0.2, 0.25) is 0 Å². The van der Waals surface area contributed by atoms with Crippen LogP contribution in [-0.2, 0) is 17.9 Å². The molecule has 2 aromatic heterocycles. The van der Waals surface area contributed by atoms with Gasteiger partial charge in [0.25, 0.3) is 0 Å². The van der Waals surface area contributed by atoms with Gasteiger partial charge in [0.1, 0.15) is 5.82 Å². The number of nitrogens with zero attached hydrogens (tertiary/aromatic N) is 4. The average Bonchev–Trinajstić information content (AvgIpc) is 3.00. The van der Waals surface area contributed by atoms with E-state index in [9.17, 15) is 4.79 Å². The summed E-state index contributed by atoms with van der Waals surface area (Å²) in [6, 6.07) is 7.61. The van der Waals surface area contributed by atoms with Gasteiger partial charge >= 0.3 is 6.03 Å². The summed E-state index contributed by atoms with van der Waals surface area (Å²) in [5.41, 5.74) is 1.82. The van der Waals surface area contributed by atoms with Crippen molar-refractivity contribution in [3.63, 3.8) is 0 Å². The van der Waals surface area contributed by atoms with Gasteiger partial charge in [-0.3, -0.25) is 10.3 Å². The van der Waals surface area contributed by atoms with Crippen molar-refractivity contribution in [2.75, 3.05) is 18.4 Å². The summed E-state index contributed by atoms with van der Waals surface area (Å²) in [6.45, 7) is 6.64. The number of aromatic nitrogens is 3. The monoisotopic (exact) mass is 357 g/mol. The zero-order chi connectivity index (χ0) is 18.4. The molecule has 0 aromatic carbocycles. The molecule has 1 atom stereocenters. The van der Waals surface area contributed by atoms with Crippen molar-refractivity contribution in [2.45, 2.75) is 52.4 Å². The molecule has 2 aromatic rings. The third-order valence-electron chi connectivity index (χ3n) is 4.43. The van der Waals surface area contributed by atoms with Crippen LogP contribution in [0.5, 0.6) is 0 Å². The van der Waals surface area contributed by atoms with Gasteiger partial charge in [-0.05, 0) is 38.3 Å². The van der Waals surface area contributed by atoms with E-state index in [1.807, 2.05) is 40.8 Å². The second-order valence-corrected chi connectivity index (χ2v) is 6.67. The zero-order valence-electron chi connectivity index (χ0n) is 15.5. The van der Waals surface area contributed by atoms with Gasteiger partial charge in [-0.25, -0.2) is 9.48 Å². The molecule has 0 bridgehead atoms. The summed E-state index contributed by atoms with van der Waals surface area (Å²) in [7, 11) is 0. The highest BCUT2D eigenvalue weighted by molar-refractivity contribution is 5.88. The minimum absolute atomic E-state index is 0.0406. The lowest BCUT2D eigenvalue weighted by Gasteiger charge is -2.32. The van der Waals surface area contributed by atoms with E-state index in [0.717, 1.165) is 49.6 Å². The number of hydrogen-bond acceptors (Lipinski definition) is 4. The summed E-state index contributed by atoms with van der Waals surface area (Å²) in [5, 5.41) is 7.43. The fourth-order valence-electron chi connectivity index (χ4n) is 3.16. The molecule has 3 rings (SSSR count). The predicted octanol–water partition coefficient (Wildman–Crippen LogP) is 3.21. The Bertz CT molecular complexity index is 716. The Hall–Kier alpha value is -2.41. The highest BCUT2D eigenvalue weighted by Gasteiger charge is 2.25. The molecule has 0 aliphatic carbocycles. The molecule has 0 spiro atoms. The van der Waals surface area contributed by atoms with E-state index in [0.29, 0.717) is 13.2 Å². The Morgan fingerprint density at radius 3 is 3.08 bits per heavy atom. The summed E-state index contributed by atoms with van der Waals surface area (Å²) in [5.74, 6) is 0.755. The molecule has 1 fully saturated rings. The summed E-state index contributed by atoms with van der Waals surface area (Å²) < 4.78 is 7.82. The van der Waals surface area contributed by atoms with Crippen LogP contribution in [0.4, 0.5) is 10.6 Å². The Labute approximate surface area is 154 Å². The molecule has 0 saturated carbocycles. The predicted molar refractivity (Wildman–Crippen MR) is 99.9 cm³/mol. The van der Waals surface area contributed by atoms with E-state index in [2.05, 4.69) is 22.3 Å². The second kappa shape index (κ2) is 8.80. The first-order chi connectivity index (χ1) is 12.7. The Balaban J connectivity index is 1.54. The summed E-state index contributed by atoms with van der Waals surface area (Å²) >= 11 is 0. The quantitative estimate of drug-likeness (QED) is 0.862. The lowest BCUT2D eigenvalue weighted by Crippen LogP contribution is -2.45. The number of carbonyl (C=O) groups excluding carboxylic acids is 1. The van der Waals surface area contributed by atoms with Crippen LogP contribution in [0.2, 0.25) is 0 Å². The van der Waals surface area contributed by atoms with E-state index < -0.39 is 0 Å². The van der Waals surface area contributed by atoms with E-state index in [-0.39, 0.29) is 12.1 Å². The fourth-order valence-corrected chi connectivity index (χ4v) is 3.16. The van der Waals surface area contributed by atoms with Crippen LogP contribution in [0.15, 0.2) is 30.5 Å². The van der Waals surface area contributed by atoms with Gasteiger partial charge in [-0.1, -0.05) is 13.0 Å². The van der Waals surface area contributed by atoms with Gasteiger partial charge < -0.3 is 9.64 Å². The van der Waals surface area contributed by atoms with Crippen molar-refractivity contribution in [3.8, 4) is 0 Å². The number of rotatable bonds is 6. The smallest absolute Gasteiger partial charge is 0.323 e. The maximum atomic E-state index is 12.7. The number of anilines is 1. The molecular formula is C19H27N5O2. The largest absolute Gasteiger partial charge is 0.370 e.